The standard InChI is InChI=1S/C20H22N4O5S2/c1-12-10-23(11-13(2)29-12)31(27,28)16-6-4-5-15(9-16)18(25)22-24-14(3)21-19-17(20(24)26)7-8-30-19/h4-9,12-13H,10-11H2,1-3H3,(H,22,25). The Morgan fingerprint density at radius 2 is 1.94 bits per heavy atom. The number of benzene rings is 1. The first-order valence-electron chi connectivity index (χ1n) is 9.70. The van der Waals surface area contributed by atoms with E-state index in [4.69, 9.17) is 4.74 Å². The summed E-state index contributed by atoms with van der Waals surface area (Å²) in [6.45, 7) is 5.73. The average Bonchev–Trinajstić information content (AvgIpc) is 3.19. The quantitative estimate of drug-likeness (QED) is 0.635. The van der Waals surface area contributed by atoms with Crippen LogP contribution in [-0.4, -0.2) is 53.6 Å². The van der Waals surface area contributed by atoms with Gasteiger partial charge >= 0.3 is 0 Å². The number of thiophene rings is 1. The fourth-order valence-electron chi connectivity index (χ4n) is 3.59. The van der Waals surface area contributed by atoms with Crippen LogP contribution >= 0.6 is 11.3 Å². The lowest BCUT2D eigenvalue weighted by molar-refractivity contribution is -0.0440. The van der Waals surface area contributed by atoms with Gasteiger partial charge in [0.2, 0.25) is 10.0 Å². The lowest BCUT2D eigenvalue weighted by Crippen LogP contribution is -2.48. The highest BCUT2D eigenvalue weighted by molar-refractivity contribution is 7.89. The summed E-state index contributed by atoms with van der Waals surface area (Å²) in [6, 6.07) is 7.41. The van der Waals surface area contributed by atoms with Gasteiger partial charge in [0.25, 0.3) is 11.5 Å². The topological polar surface area (TPSA) is 111 Å². The number of aryl methyl sites for hydroxylation is 1. The van der Waals surface area contributed by atoms with E-state index in [1.807, 2.05) is 13.8 Å². The third kappa shape index (κ3) is 4.13. The summed E-state index contributed by atoms with van der Waals surface area (Å²) in [5, 5.41) is 2.16. The lowest BCUT2D eigenvalue weighted by atomic mass is 10.2. The number of nitrogens with one attached hydrogen (secondary N) is 1. The summed E-state index contributed by atoms with van der Waals surface area (Å²) in [6.07, 6.45) is -0.446. The molecular formula is C20H22N4O5S2. The van der Waals surface area contributed by atoms with E-state index in [2.05, 4.69) is 10.4 Å². The van der Waals surface area contributed by atoms with E-state index in [9.17, 15) is 18.0 Å². The van der Waals surface area contributed by atoms with Crippen LogP contribution < -0.4 is 11.0 Å². The first kappa shape index (κ1) is 21.6. The predicted molar refractivity (Wildman–Crippen MR) is 118 cm³/mol. The van der Waals surface area contributed by atoms with Gasteiger partial charge in [0.15, 0.2) is 0 Å². The smallest absolute Gasteiger partial charge is 0.281 e. The van der Waals surface area contributed by atoms with Crippen LogP contribution in [0.15, 0.2) is 45.4 Å². The Morgan fingerprint density at radius 1 is 1.23 bits per heavy atom. The van der Waals surface area contributed by atoms with Crippen molar-refractivity contribution in [2.24, 2.45) is 0 Å². The van der Waals surface area contributed by atoms with Gasteiger partial charge in [-0.15, -0.1) is 11.3 Å². The fourth-order valence-corrected chi connectivity index (χ4v) is 6.02. The van der Waals surface area contributed by atoms with Crippen LogP contribution in [0.4, 0.5) is 0 Å². The molecule has 1 aromatic carbocycles. The number of rotatable bonds is 4. The van der Waals surface area contributed by atoms with Crippen LogP contribution in [0.3, 0.4) is 0 Å². The molecule has 3 heterocycles. The number of nitrogens with zero attached hydrogens (tertiary/aromatic N) is 3. The number of hydrogen-bond donors (Lipinski definition) is 1. The normalized spacial score (nSPS) is 20.1. The predicted octanol–water partition coefficient (Wildman–Crippen LogP) is 1.95. The Hall–Kier alpha value is -2.60. The zero-order valence-corrected chi connectivity index (χ0v) is 18.9. The van der Waals surface area contributed by atoms with E-state index in [-0.39, 0.29) is 35.8 Å². The van der Waals surface area contributed by atoms with E-state index >= 15 is 0 Å². The Kier molecular flexibility index (Phi) is 5.69. The average molecular weight is 463 g/mol. The van der Waals surface area contributed by atoms with E-state index in [1.165, 1.54) is 39.9 Å². The van der Waals surface area contributed by atoms with Gasteiger partial charge < -0.3 is 4.74 Å². The molecule has 2 aromatic heterocycles. The third-order valence-electron chi connectivity index (χ3n) is 5.00. The summed E-state index contributed by atoms with van der Waals surface area (Å²) in [5.74, 6) is -0.282. The molecule has 1 fully saturated rings. The van der Waals surface area contributed by atoms with Crippen molar-refractivity contribution in [3.8, 4) is 0 Å². The maximum absolute atomic E-state index is 13.1. The molecule has 3 aromatic rings. The monoisotopic (exact) mass is 462 g/mol. The molecule has 0 spiro atoms. The largest absolute Gasteiger partial charge is 0.373 e. The lowest BCUT2D eigenvalue weighted by Gasteiger charge is -2.34. The number of aromatic nitrogens is 2. The van der Waals surface area contributed by atoms with Crippen molar-refractivity contribution >= 4 is 37.5 Å². The van der Waals surface area contributed by atoms with Crippen molar-refractivity contribution in [2.45, 2.75) is 37.9 Å². The van der Waals surface area contributed by atoms with E-state index in [0.29, 0.717) is 16.0 Å². The number of amides is 1. The number of sulfonamides is 1. The van der Waals surface area contributed by atoms with Crippen LogP contribution in [0.5, 0.6) is 0 Å². The Bertz CT molecular complexity index is 1300. The van der Waals surface area contributed by atoms with Gasteiger partial charge in [-0.1, -0.05) is 6.07 Å². The number of carbonyl (C=O) groups is 1. The number of hydrogen-bond acceptors (Lipinski definition) is 7. The fraction of sp³-hybridized carbons (Fsp3) is 0.350. The van der Waals surface area contributed by atoms with Crippen molar-refractivity contribution in [3.63, 3.8) is 0 Å². The van der Waals surface area contributed by atoms with E-state index in [0.717, 1.165) is 4.68 Å². The zero-order chi connectivity index (χ0) is 22.3. The van der Waals surface area contributed by atoms with Crippen LogP contribution in [0.2, 0.25) is 0 Å². The summed E-state index contributed by atoms with van der Waals surface area (Å²) in [7, 11) is -3.80. The molecule has 9 nitrogen and oxygen atoms in total. The van der Waals surface area contributed by atoms with Gasteiger partial charge in [-0.2, -0.15) is 4.31 Å². The molecule has 0 saturated carbocycles. The van der Waals surface area contributed by atoms with Crippen molar-refractivity contribution < 1.29 is 17.9 Å². The maximum Gasteiger partial charge on any atom is 0.281 e. The first-order valence-corrected chi connectivity index (χ1v) is 12.0. The molecule has 164 valence electrons. The molecule has 1 aliphatic heterocycles. The molecule has 0 radical (unpaired) electrons. The number of ether oxygens (including phenoxy) is 1. The zero-order valence-electron chi connectivity index (χ0n) is 17.2. The molecule has 11 heteroatoms. The van der Waals surface area contributed by atoms with Gasteiger partial charge in [-0.05, 0) is 50.4 Å². The summed E-state index contributed by atoms with van der Waals surface area (Å²) in [5.41, 5.74) is 2.25. The summed E-state index contributed by atoms with van der Waals surface area (Å²) < 4.78 is 34.3. The second-order valence-electron chi connectivity index (χ2n) is 7.49. The van der Waals surface area contributed by atoms with Gasteiger partial charge in [0.1, 0.15) is 10.7 Å². The second-order valence-corrected chi connectivity index (χ2v) is 10.3. The number of fused-ring (bicyclic) bond motifs is 1. The Balaban J connectivity index is 1.63. The molecule has 31 heavy (non-hydrogen) atoms. The minimum Gasteiger partial charge on any atom is -0.373 e. The highest BCUT2D eigenvalue weighted by Gasteiger charge is 2.32. The van der Waals surface area contributed by atoms with Crippen LogP contribution in [-0.2, 0) is 14.8 Å². The summed E-state index contributed by atoms with van der Waals surface area (Å²) >= 11 is 1.34. The molecular weight excluding hydrogens is 440 g/mol. The van der Waals surface area contributed by atoms with Crippen LogP contribution in [0.1, 0.15) is 30.0 Å². The molecule has 1 saturated heterocycles. The van der Waals surface area contributed by atoms with Crippen LogP contribution in [0, 0.1) is 6.92 Å². The molecule has 1 aliphatic rings. The van der Waals surface area contributed by atoms with Gasteiger partial charge in [-0.3, -0.25) is 15.0 Å². The van der Waals surface area contributed by atoms with E-state index < -0.39 is 21.5 Å². The third-order valence-corrected chi connectivity index (χ3v) is 7.63. The molecule has 1 N–H and O–H groups in total. The van der Waals surface area contributed by atoms with Crippen molar-refractivity contribution in [1.82, 2.24) is 14.0 Å². The summed E-state index contributed by atoms with van der Waals surface area (Å²) in [4.78, 5) is 30.4. The highest BCUT2D eigenvalue weighted by Crippen LogP contribution is 2.22. The maximum atomic E-state index is 13.1. The van der Waals surface area contributed by atoms with Crippen molar-refractivity contribution in [2.75, 3.05) is 18.5 Å². The minimum atomic E-state index is -3.80. The minimum absolute atomic E-state index is 0.0110. The van der Waals surface area contributed by atoms with Crippen molar-refractivity contribution in [1.29, 1.82) is 0 Å². The molecule has 2 atom stereocenters. The second kappa shape index (κ2) is 8.15. The van der Waals surface area contributed by atoms with Gasteiger partial charge in [0.05, 0.1) is 22.5 Å². The van der Waals surface area contributed by atoms with E-state index in [1.54, 1.807) is 18.4 Å². The molecule has 0 aliphatic carbocycles. The van der Waals surface area contributed by atoms with Crippen LogP contribution in [0.25, 0.3) is 10.2 Å². The van der Waals surface area contributed by atoms with Gasteiger partial charge in [-0.25, -0.2) is 18.1 Å². The number of morpholine rings is 1. The SMILES string of the molecule is Cc1nc2sccc2c(=O)n1NC(=O)c1cccc(S(=O)(=O)N2CC(C)OC(C)C2)c1. The molecule has 0 bridgehead atoms. The first-order chi connectivity index (χ1) is 14.7. The van der Waals surface area contributed by atoms with Crippen molar-refractivity contribution in [3.05, 3.63) is 57.5 Å². The molecule has 2 unspecified atom stereocenters. The highest BCUT2D eigenvalue weighted by atomic mass is 32.2. The Morgan fingerprint density at radius 3 is 2.65 bits per heavy atom. The Labute approximate surface area is 183 Å². The molecule has 1 amide bonds. The molecule has 4 rings (SSSR count). The van der Waals surface area contributed by atoms with Gasteiger partial charge in [0, 0.05) is 18.7 Å². The number of carbonyl (C=O) groups excluding carboxylic acids is 1.